The number of fused-ring (bicyclic) bond motifs is 1. The SMILES string of the molecule is CS(=O)(=O)N1CCN(Cc2csc3c(-c4cnc(N)nc4)nc(N4CCCCC4)nc23)CC1. The molecule has 2 fully saturated rings. The van der Waals surface area contributed by atoms with Gasteiger partial charge in [-0.1, -0.05) is 0 Å². The van der Waals surface area contributed by atoms with Crippen LogP contribution in [0.2, 0.25) is 0 Å². The van der Waals surface area contributed by atoms with E-state index in [4.69, 9.17) is 15.7 Å². The predicted molar refractivity (Wildman–Crippen MR) is 131 cm³/mol. The number of nitrogens with two attached hydrogens (primary N) is 1. The molecule has 3 aromatic heterocycles. The molecule has 5 rings (SSSR count). The van der Waals surface area contributed by atoms with Crippen molar-refractivity contribution in [2.45, 2.75) is 25.8 Å². The number of hydrogen-bond donors (Lipinski definition) is 1. The van der Waals surface area contributed by atoms with Crippen LogP contribution < -0.4 is 10.6 Å². The van der Waals surface area contributed by atoms with Crippen LogP contribution in [-0.4, -0.2) is 83.1 Å². The van der Waals surface area contributed by atoms with Gasteiger partial charge in [-0.05, 0) is 24.6 Å². The minimum Gasteiger partial charge on any atom is -0.368 e. The smallest absolute Gasteiger partial charge is 0.226 e. The number of hydrogen-bond acceptors (Lipinski definition) is 10. The quantitative estimate of drug-likeness (QED) is 0.573. The molecule has 10 nitrogen and oxygen atoms in total. The zero-order chi connectivity index (χ0) is 23.0. The molecule has 3 aromatic rings. The molecule has 12 heteroatoms. The molecular formula is C21H28N8O2S2. The van der Waals surface area contributed by atoms with Crippen LogP contribution in [0.5, 0.6) is 0 Å². The summed E-state index contributed by atoms with van der Waals surface area (Å²) in [5.74, 6) is 0.982. The highest BCUT2D eigenvalue weighted by Gasteiger charge is 2.25. The van der Waals surface area contributed by atoms with Crippen molar-refractivity contribution in [3.05, 3.63) is 23.3 Å². The lowest BCUT2D eigenvalue weighted by atomic mass is 10.1. The summed E-state index contributed by atoms with van der Waals surface area (Å²) in [7, 11) is -3.14. The first-order valence-electron chi connectivity index (χ1n) is 11.2. The van der Waals surface area contributed by atoms with Gasteiger partial charge in [0.1, 0.15) is 0 Å². The molecule has 0 aliphatic carbocycles. The van der Waals surface area contributed by atoms with Gasteiger partial charge in [0.15, 0.2) is 0 Å². The third-order valence-corrected chi connectivity index (χ3v) is 8.58. The molecule has 0 radical (unpaired) electrons. The van der Waals surface area contributed by atoms with Crippen molar-refractivity contribution >= 4 is 43.5 Å². The number of anilines is 2. The lowest BCUT2D eigenvalue weighted by Gasteiger charge is -2.33. The predicted octanol–water partition coefficient (Wildman–Crippen LogP) is 1.80. The number of sulfonamides is 1. The fourth-order valence-electron chi connectivity index (χ4n) is 4.42. The Hall–Kier alpha value is -2.41. The summed E-state index contributed by atoms with van der Waals surface area (Å²) in [6, 6.07) is 0. The molecule has 2 N–H and O–H groups in total. The fraction of sp³-hybridized carbons (Fsp3) is 0.524. The lowest BCUT2D eigenvalue weighted by Crippen LogP contribution is -2.47. The minimum atomic E-state index is -3.14. The van der Waals surface area contributed by atoms with E-state index in [0.29, 0.717) is 26.2 Å². The van der Waals surface area contributed by atoms with Gasteiger partial charge in [0.05, 0.1) is 22.2 Å². The van der Waals surface area contributed by atoms with E-state index in [1.807, 2.05) is 0 Å². The molecule has 0 amide bonds. The molecule has 0 aromatic carbocycles. The van der Waals surface area contributed by atoms with Crippen LogP contribution in [0.4, 0.5) is 11.9 Å². The third kappa shape index (κ3) is 4.79. The maximum Gasteiger partial charge on any atom is 0.226 e. The number of aromatic nitrogens is 4. The van der Waals surface area contributed by atoms with E-state index in [1.54, 1.807) is 28.0 Å². The largest absolute Gasteiger partial charge is 0.368 e. The van der Waals surface area contributed by atoms with Gasteiger partial charge < -0.3 is 10.6 Å². The highest BCUT2D eigenvalue weighted by molar-refractivity contribution is 7.88. The molecular weight excluding hydrogens is 460 g/mol. The Morgan fingerprint density at radius 1 is 1.00 bits per heavy atom. The number of piperidine rings is 1. The second-order valence-corrected chi connectivity index (χ2v) is 11.5. The molecule has 33 heavy (non-hydrogen) atoms. The van der Waals surface area contributed by atoms with Gasteiger partial charge in [0.25, 0.3) is 0 Å². The molecule has 2 aliphatic heterocycles. The highest BCUT2D eigenvalue weighted by Crippen LogP contribution is 2.35. The molecule has 0 spiro atoms. The monoisotopic (exact) mass is 488 g/mol. The first kappa shape index (κ1) is 22.4. The highest BCUT2D eigenvalue weighted by atomic mass is 32.2. The molecule has 0 unspecified atom stereocenters. The van der Waals surface area contributed by atoms with Crippen molar-refractivity contribution in [2.75, 3.05) is 56.2 Å². The Morgan fingerprint density at radius 2 is 1.70 bits per heavy atom. The van der Waals surface area contributed by atoms with Crippen LogP contribution >= 0.6 is 11.3 Å². The van der Waals surface area contributed by atoms with Crippen LogP contribution in [0.3, 0.4) is 0 Å². The molecule has 0 saturated carbocycles. The molecule has 0 atom stereocenters. The van der Waals surface area contributed by atoms with Gasteiger partial charge in [-0.15, -0.1) is 11.3 Å². The Balaban J connectivity index is 1.48. The number of nitrogens with zero attached hydrogens (tertiary/aromatic N) is 7. The average Bonchev–Trinajstić information content (AvgIpc) is 3.22. The van der Waals surface area contributed by atoms with Gasteiger partial charge in [-0.25, -0.2) is 28.4 Å². The zero-order valence-corrected chi connectivity index (χ0v) is 20.3. The molecule has 5 heterocycles. The fourth-order valence-corrected chi connectivity index (χ4v) is 6.25. The van der Waals surface area contributed by atoms with Crippen LogP contribution in [0.15, 0.2) is 17.8 Å². The van der Waals surface area contributed by atoms with Crippen LogP contribution in [-0.2, 0) is 16.6 Å². The summed E-state index contributed by atoms with van der Waals surface area (Å²) < 4.78 is 26.2. The molecule has 2 aliphatic rings. The van der Waals surface area contributed by atoms with Gasteiger partial charge in [-0.3, -0.25) is 4.90 Å². The van der Waals surface area contributed by atoms with E-state index in [-0.39, 0.29) is 5.95 Å². The van der Waals surface area contributed by atoms with E-state index in [0.717, 1.165) is 65.5 Å². The van der Waals surface area contributed by atoms with Crippen molar-refractivity contribution in [3.8, 4) is 11.3 Å². The van der Waals surface area contributed by atoms with Crippen LogP contribution in [0.1, 0.15) is 24.8 Å². The normalized spacial score (nSPS) is 18.8. The van der Waals surface area contributed by atoms with E-state index in [9.17, 15) is 8.42 Å². The maximum absolute atomic E-state index is 11.8. The number of nitrogen functional groups attached to an aromatic ring is 1. The Kier molecular flexibility index (Phi) is 6.16. The van der Waals surface area contributed by atoms with Crippen LogP contribution in [0.25, 0.3) is 21.5 Å². The summed E-state index contributed by atoms with van der Waals surface area (Å²) in [6.45, 7) is 5.07. The summed E-state index contributed by atoms with van der Waals surface area (Å²) >= 11 is 1.63. The van der Waals surface area contributed by atoms with Gasteiger partial charge >= 0.3 is 0 Å². The first-order valence-corrected chi connectivity index (χ1v) is 13.9. The summed E-state index contributed by atoms with van der Waals surface area (Å²) in [5.41, 5.74) is 9.45. The van der Waals surface area contributed by atoms with Crippen molar-refractivity contribution in [1.82, 2.24) is 29.1 Å². The third-order valence-electron chi connectivity index (χ3n) is 6.26. The van der Waals surface area contributed by atoms with E-state index in [1.165, 1.54) is 12.7 Å². The Bertz CT molecular complexity index is 1230. The molecule has 2 saturated heterocycles. The average molecular weight is 489 g/mol. The van der Waals surface area contributed by atoms with Crippen LogP contribution in [0, 0.1) is 0 Å². The minimum absolute atomic E-state index is 0.236. The maximum atomic E-state index is 11.8. The number of piperazine rings is 1. The van der Waals surface area contributed by atoms with E-state index >= 15 is 0 Å². The second-order valence-electron chi connectivity index (χ2n) is 8.63. The molecule has 176 valence electrons. The Labute approximate surface area is 197 Å². The lowest BCUT2D eigenvalue weighted by molar-refractivity contribution is 0.183. The summed E-state index contributed by atoms with van der Waals surface area (Å²) in [4.78, 5) is 22.8. The van der Waals surface area contributed by atoms with Crippen molar-refractivity contribution in [3.63, 3.8) is 0 Å². The van der Waals surface area contributed by atoms with E-state index in [2.05, 4.69) is 25.1 Å². The first-order chi connectivity index (χ1) is 15.9. The Morgan fingerprint density at radius 3 is 2.36 bits per heavy atom. The van der Waals surface area contributed by atoms with Gasteiger partial charge in [0.2, 0.25) is 21.9 Å². The van der Waals surface area contributed by atoms with Gasteiger partial charge in [-0.2, -0.15) is 4.31 Å². The van der Waals surface area contributed by atoms with Crippen molar-refractivity contribution in [1.29, 1.82) is 0 Å². The van der Waals surface area contributed by atoms with Crippen molar-refractivity contribution in [2.24, 2.45) is 0 Å². The van der Waals surface area contributed by atoms with E-state index < -0.39 is 10.0 Å². The van der Waals surface area contributed by atoms with Crippen molar-refractivity contribution < 1.29 is 8.42 Å². The van der Waals surface area contributed by atoms with Gasteiger partial charge in [0, 0.05) is 69.3 Å². The molecule has 0 bridgehead atoms. The summed E-state index contributed by atoms with van der Waals surface area (Å²) in [5, 5.41) is 2.14. The number of rotatable bonds is 5. The topological polar surface area (TPSA) is 121 Å². The standard InChI is InChI=1S/C21H28N8O2S2/c1-33(30,31)29-9-7-27(8-10-29)13-16-14-32-19-17(15-11-23-20(22)24-12-15)25-21(26-18(16)19)28-5-3-2-4-6-28/h11-12,14H,2-10,13H2,1H3,(H2,22,23,24). The number of thiophene rings is 1. The second kappa shape index (κ2) is 9.09. The zero-order valence-electron chi connectivity index (χ0n) is 18.6. The summed E-state index contributed by atoms with van der Waals surface area (Å²) in [6.07, 6.45) is 8.23.